The molecule has 1 aromatic rings. The van der Waals surface area contributed by atoms with Crippen LogP contribution in [0.3, 0.4) is 0 Å². The van der Waals surface area contributed by atoms with Crippen LogP contribution in [-0.4, -0.2) is 31.1 Å². The number of hydrogen-bond donors (Lipinski definition) is 0. The van der Waals surface area contributed by atoms with Crippen LogP contribution < -0.4 is 4.74 Å². The summed E-state index contributed by atoms with van der Waals surface area (Å²) in [6.07, 6.45) is 1.09. The lowest BCUT2D eigenvalue weighted by Crippen LogP contribution is -2.25. The van der Waals surface area contributed by atoms with Crippen molar-refractivity contribution in [2.24, 2.45) is 0 Å². The van der Waals surface area contributed by atoms with E-state index in [1.807, 2.05) is 12.1 Å². The van der Waals surface area contributed by atoms with Gasteiger partial charge in [0.05, 0.1) is 6.61 Å². The highest BCUT2D eigenvalue weighted by atomic mass is 16.5. The second-order valence-electron chi connectivity index (χ2n) is 4.04. The van der Waals surface area contributed by atoms with Crippen molar-refractivity contribution in [3.63, 3.8) is 0 Å². The number of ether oxygens (including phenoxy) is 1. The zero-order chi connectivity index (χ0) is 11.8. The average molecular weight is 221 g/mol. The van der Waals surface area contributed by atoms with Crippen LogP contribution in [0.2, 0.25) is 0 Å². The Morgan fingerprint density at radius 1 is 1.06 bits per heavy atom. The van der Waals surface area contributed by atoms with Crippen molar-refractivity contribution >= 4 is 0 Å². The van der Waals surface area contributed by atoms with E-state index in [0.717, 1.165) is 38.4 Å². The molecular weight excluding hydrogens is 198 g/mol. The van der Waals surface area contributed by atoms with E-state index in [4.69, 9.17) is 4.74 Å². The van der Waals surface area contributed by atoms with Gasteiger partial charge in [0.15, 0.2) is 0 Å². The van der Waals surface area contributed by atoms with Crippen molar-refractivity contribution in [1.29, 1.82) is 0 Å². The number of benzene rings is 1. The van der Waals surface area contributed by atoms with E-state index in [9.17, 15) is 0 Å². The zero-order valence-corrected chi connectivity index (χ0v) is 10.7. The molecule has 0 amide bonds. The Hall–Kier alpha value is -1.02. The summed E-state index contributed by atoms with van der Waals surface area (Å²) in [5, 5.41) is 0. The molecule has 0 bridgehead atoms. The molecule has 90 valence electrons. The molecule has 0 fully saturated rings. The van der Waals surface area contributed by atoms with Gasteiger partial charge in [0.2, 0.25) is 0 Å². The highest BCUT2D eigenvalue weighted by Crippen LogP contribution is 2.11. The summed E-state index contributed by atoms with van der Waals surface area (Å²) in [7, 11) is 0. The van der Waals surface area contributed by atoms with E-state index in [2.05, 4.69) is 37.8 Å². The quantitative estimate of drug-likeness (QED) is 0.656. The van der Waals surface area contributed by atoms with E-state index < -0.39 is 0 Å². The summed E-state index contributed by atoms with van der Waals surface area (Å²) in [6.45, 7) is 10.7. The fraction of sp³-hybridized carbons (Fsp3) is 0.571. The molecule has 0 aliphatic carbocycles. The minimum atomic E-state index is 0.805. The summed E-state index contributed by atoms with van der Waals surface area (Å²) in [4.78, 5) is 2.42. The number of hydrogen-bond acceptors (Lipinski definition) is 2. The molecule has 1 aromatic carbocycles. The van der Waals surface area contributed by atoms with Crippen molar-refractivity contribution in [2.45, 2.75) is 27.2 Å². The van der Waals surface area contributed by atoms with Gasteiger partial charge < -0.3 is 9.64 Å². The van der Waals surface area contributed by atoms with Crippen molar-refractivity contribution in [1.82, 2.24) is 4.90 Å². The molecule has 16 heavy (non-hydrogen) atoms. The number of nitrogens with zero attached hydrogens (tertiary/aromatic N) is 1. The summed E-state index contributed by atoms with van der Waals surface area (Å²) >= 11 is 0. The van der Waals surface area contributed by atoms with Gasteiger partial charge in [-0.3, -0.25) is 0 Å². The van der Waals surface area contributed by atoms with Gasteiger partial charge in [0.25, 0.3) is 0 Å². The Bertz CT molecular complexity index is 277. The molecule has 0 saturated heterocycles. The van der Waals surface area contributed by atoms with Crippen molar-refractivity contribution in [3.05, 3.63) is 29.8 Å². The van der Waals surface area contributed by atoms with Gasteiger partial charge >= 0.3 is 0 Å². The first kappa shape index (κ1) is 13.0. The molecule has 0 atom stereocenters. The molecule has 2 nitrogen and oxygen atoms in total. The summed E-state index contributed by atoms with van der Waals surface area (Å²) < 4.78 is 5.67. The first-order valence-corrected chi connectivity index (χ1v) is 6.18. The maximum Gasteiger partial charge on any atom is 0.119 e. The molecule has 0 unspecified atom stereocenters. The smallest absolute Gasteiger partial charge is 0.119 e. The van der Waals surface area contributed by atoms with Gasteiger partial charge in [0.1, 0.15) is 5.75 Å². The van der Waals surface area contributed by atoms with E-state index in [1.54, 1.807) is 0 Å². The SMILES string of the molecule is CCN(CC)CCCOc1ccc(C)cc1. The van der Waals surface area contributed by atoms with Gasteiger partial charge in [-0.2, -0.15) is 0 Å². The van der Waals surface area contributed by atoms with Crippen LogP contribution in [0.15, 0.2) is 24.3 Å². The zero-order valence-electron chi connectivity index (χ0n) is 10.7. The molecule has 0 radical (unpaired) electrons. The predicted octanol–water partition coefficient (Wildman–Crippen LogP) is 3.11. The van der Waals surface area contributed by atoms with Crippen LogP contribution in [0.4, 0.5) is 0 Å². The summed E-state index contributed by atoms with van der Waals surface area (Å²) in [6, 6.07) is 8.24. The highest BCUT2D eigenvalue weighted by Gasteiger charge is 1.98. The molecule has 0 heterocycles. The van der Waals surface area contributed by atoms with Crippen LogP contribution in [0.1, 0.15) is 25.8 Å². The number of aryl methyl sites for hydroxylation is 1. The Balaban J connectivity index is 2.18. The van der Waals surface area contributed by atoms with Crippen molar-refractivity contribution in [2.75, 3.05) is 26.2 Å². The van der Waals surface area contributed by atoms with Crippen molar-refractivity contribution in [3.8, 4) is 5.75 Å². The predicted molar refractivity (Wildman–Crippen MR) is 69.1 cm³/mol. The molecule has 0 spiro atoms. The molecule has 1 rings (SSSR count). The monoisotopic (exact) mass is 221 g/mol. The van der Waals surface area contributed by atoms with E-state index >= 15 is 0 Å². The van der Waals surface area contributed by atoms with E-state index in [-0.39, 0.29) is 0 Å². The lowest BCUT2D eigenvalue weighted by atomic mass is 10.2. The Kier molecular flexibility index (Phi) is 5.94. The second kappa shape index (κ2) is 7.29. The molecule has 0 aliphatic heterocycles. The molecule has 0 aromatic heterocycles. The van der Waals surface area contributed by atoms with Crippen LogP contribution in [0.25, 0.3) is 0 Å². The lowest BCUT2D eigenvalue weighted by molar-refractivity contribution is 0.249. The van der Waals surface area contributed by atoms with Crippen molar-refractivity contribution < 1.29 is 4.74 Å². The molecule has 0 aliphatic rings. The standard InChI is InChI=1S/C14H23NO/c1-4-15(5-2)11-6-12-16-14-9-7-13(3)8-10-14/h7-10H,4-6,11-12H2,1-3H3. The fourth-order valence-corrected chi connectivity index (χ4v) is 1.65. The second-order valence-corrected chi connectivity index (χ2v) is 4.04. The first-order valence-electron chi connectivity index (χ1n) is 6.18. The van der Waals surface area contributed by atoms with Gasteiger partial charge in [-0.05, 0) is 38.6 Å². The Labute approximate surface area is 99.2 Å². The maximum atomic E-state index is 5.67. The third-order valence-corrected chi connectivity index (χ3v) is 2.80. The van der Waals surface area contributed by atoms with Gasteiger partial charge in [-0.1, -0.05) is 31.5 Å². The minimum Gasteiger partial charge on any atom is -0.494 e. The topological polar surface area (TPSA) is 12.5 Å². The lowest BCUT2D eigenvalue weighted by Gasteiger charge is -2.17. The van der Waals surface area contributed by atoms with Crippen LogP contribution in [0.5, 0.6) is 5.75 Å². The largest absolute Gasteiger partial charge is 0.494 e. The minimum absolute atomic E-state index is 0.805. The summed E-state index contributed by atoms with van der Waals surface area (Å²) in [5.74, 6) is 0.977. The van der Waals surface area contributed by atoms with E-state index in [0.29, 0.717) is 0 Å². The maximum absolute atomic E-state index is 5.67. The molecule has 0 saturated carbocycles. The van der Waals surface area contributed by atoms with Gasteiger partial charge in [-0.25, -0.2) is 0 Å². The van der Waals surface area contributed by atoms with Crippen LogP contribution in [0, 0.1) is 6.92 Å². The first-order chi connectivity index (χ1) is 7.76. The van der Waals surface area contributed by atoms with E-state index in [1.165, 1.54) is 5.56 Å². The Morgan fingerprint density at radius 2 is 1.69 bits per heavy atom. The number of rotatable bonds is 7. The third-order valence-electron chi connectivity index (χ3n) is 2.80. The van der Waals surface area contributed by atoms with Crippen LogP contribution >= 0.6 is 0 Å². The molecular formula is C14H23NO. The Morgan fingerprint density at radius 3 is 2.25 bits per heavy atom. The van der Waals surface area contributed by atoms with Gasteiger partial charge in [-0.15, -0.1) is 0 Å². The van der Waals surface area contributed by atoms with Crippen LogP contribution in [-0.2, 0) is 0 Å². The molecule has 2 heteroatoms. The summed E-state index contributed by atoms with van der Waals surface area (Å²) in [5.41, 5.74) is 1.27. The average Bonchev–Trinajstić information content (AvgIpc) is 2.32. The molecule has 0 N–H and O–H groups in total. The highest BCUT2D eigenvalue weighted by molar-refractivity contribution is 5.26. The third kappa shape index (κ3) is 4.67. The van der Waals surface area contributed by atoms with Gasteiger partial charge in [0, 0.05) is 6.54 Å². The normalized spacial score (nSPS) is 10.8. The fourth-order valence-electron chi connectivity index (χ4n) is 1.65.